The summed E-state index contributed by atoms with van der Waals surface area (Å²) in [5.41, 5.74) is 1.18. The Labute approximate surface area is 396 Å². The van der Waals surface area contributed by atoms with Gasteiger partial charge >= 0.3 is 5.97 Å². The number of unbranched alkanes of at least 4 members (excludes halogenated alkanes) is 1. The number of carbonyl (C=O) groups excluding carboxylic acids is 5. The summed E-state index contributed by atoms with van der Waals surface area (Å²) in [6.45, 7) is 21.7. The van der Waals surface area contributed by atoms with Gasteiger partial charge in [-0.05, 0) is 69.9 Å². The van der Waals surface area contributed by atoms with Crippen LogP contribution >= 0.6 is 0 Å². The van der Waals surface area contributed by atoms with Crippen LogP contribution in [-0.2, 0) is 38.2 Å². The number of likely N-dealkylation sites (tertiary alicyclic amines) is 1. The maximum Gasteiger partial charge on any atom is 0.306 e. The molecule has 0 radical (unpaired) electrons. The van der Waals surface area contributed by atoms with Gasteiger partial charge in [0.1, 0.15) is 18.4 Å². The zero-order chi connectivity index (χ0) is 49.7. The second-order valence-corrected chi connectivity index (χ2v) is 18.7. The molecule has 3 amide bonds. The first kappa shape index (κ1) is 57.9. The SMILES string of the molecule is C=C(/C=C\C=C/C)C(=O)CCCCC(=O)OC(c1ccccc1)[C@@H](C)NC(O)[C@H](C)[C@@H](OC)[C@@H]1CCCN1C(=O)C[C@@H](OC)[C@H]([C@@H](C)CC)N(C)C(=O)[C@@H](NC(=O)[C@@H](NC)C(C)C)C(C)C. The van der Waals surface area contributed by atoms with Gasteiger partial charge in [0, 0.05) is 58.2 Å². The lowest BCUT2D eigenvalue weighted by Crippen LogP contribution is -2.59. The van der Waals surface area contributed by atoms with Crippen molar-refractivity contribution in [3.8, 4) is 0 Å². The number of likely N-dealkylation sites (N-methyl/N-ethyl adjacent to an activating group) is 2. The second kappa shape index (κ2) is 29.5. The molecule has 14 nitrogen and oxygen atoms in total. The Hall–Kier alpha value is -4.21. The molecule has 1 aliphatic heterocycles. The van der Waals surface area contributed by atoms with Crippen LogP contribution in [0.4, 0.5) is 0 Å². The van der Waals surface area contributed by atoms with Crippen LogP contribution in [0.1, 0.15) is 125 Å². The molecule has 14 heteroatoms. The van der Waals surface area contributed by atoms with Gasteiger partial charge in [0.2, 0.25) is 17.7 Å². The van der Waals surface area contributed by atoms with E-state index in [-0.39, 0.29) is 66.6 Å². The highest BCUT2D eigenvalue weighted by atomic mass is 16.5. The molecular weight excluding hydrogens is 839 g/mol. The number of amides is 3. The standard InChI is InChI=1S/C52H85N5O9/c1-15-17-19-25-36(8)41(58)29-22-23-30-44(60)66-49(39-26-20-18-21-27-39)38(10)54-50(61)37(9)48(65-14)40-28-24-31-57(40)43(59)32-42(64-13)47(35(7)16-2)56(12)52(63)46(34(5)6)55-51(62)45(53-11)33(3)4/h15,17-21,25-27,33-35,37-38,40,42,45-50,53-54,61H,8,16,22-24,28-32H2,1-7,9-14H3,(H,55,62)/b17-15-,25-19-/t35-,37+,38+,40-,42+,45-,46-,47-,48+,49?,50?/m0/s1. The van der Waals surface area contributed by atoms with E-state index in [1.165, 1.54) is 0 Å². The van der Waals surface area contributed by atoms with E-state index in [0.29, 0.717) is 31.4 Å². The molecule has 372 valence electrons. The number of esters is 1. The third-order valence-corrected chi connectivity index (χ3v) is 13.1. The minimum Gasteiger partial charge on any atom is -0.456 e. The molecule has 2 unspecified atom stereocenters. The van der Waals surface area contributed by atoms with Gasteiger partial charge < -0.3 is 39.8 Å². The lowest BCUT2D eigenvalue weighted by molar-refractivity contribution is -0.152. The van der Waals surface area contributed by atoms with Gasteiger partial charge in [-0.15, -0.1) is 0 Å². The highest BCUT2D eigenvalue weighted by Crippen LogP contribution is 2.31. The van der Waals surface area contributed by atoms with Crippen molar-refractivity contribution in [3.05, 3.63) is 72.4 Å². The summed E-state index contributed by atoms with van der Waals surface area (Å²) in [5, 5.41) is 21.1. The van der Waals surface area contributed by atoms with Gasteiger partial charge in [0.05, 0.1) is 36.8 Å². The summed E-state index contributed by atoms with van der Waals surface area (Å²) in [5.74, 6) is -1.83. The third kappa shape index (κ3) is 17.1. The summed E-state index contributed by atoms with van der Waals surface area (Å²) < 4.78 is 18.2. The summed E-state index contributed by atoms with van der Waals surface area (Å²) in [7, 11) is 6.60. The number of ether oxygens (including phenoxy) is 3. The smallest absolute Gasteiger partial charge is 0.306 e. The first-order valence-corrected chi connectivity index (χ1v) is 24.1. The molecule has 1 aromatic carbocycles. The Kier molecular flexibility index (Phi) is 25.9. The molecule has 1 fully saturated rings. The molecule has 1 aliphatic rings. The third-order valence-electron chi connectivity index (χ3n) is 13.1. The van der Waals surface area contributed by atoms with E-state index in [0.717, 1.165) is 18.4 Å². The average Bonchev–Trinajstić information content (AvgIpc) is 3.78. The summed E-state index contributed by atoms with van der Waals surface area (Å²) in [6, 6.07) is 6.77. The highest BCUT2D eigenvalue weighted by Gasteiger charge is 2.43. The number of aliphatic hydroxyl groups excluding tert-OH is 1. The quantitative estimate of drug-likeness (QED) is 0.0213. The summed E-state index contributed by atoms with van der Waals surface area (Å²) >= 11 is 0. The number of methoxy groups -OCH3 is 2. The number of Topliss-reactive ketones (excluding diaryl/α,β-unsaturated/α-hetero) is 1. The predicted molar refractivity (Wildman–Crippen MR) is 261 cm³/mol. The van der Waals surface area contributed by atoms with Crippen LogP contribution in [0, 0.1) is 23.7 Å². The maximum atomic E-state index is 14.4. The highest BCUT2D eigenvalue weighted by molar-refractivity contribution is 5.97. The van der Waals surface area contributed by atoms with E-state index < -0.39 is 60.6 Å². The van der Waals surface area contributed by atoms with Crippen molar-refractivity contribution >= 4 is 29.5 Å². The average molecular weight is 924 g/mol. The molecule has 2 rings (SSSR count). The number of nitrogens with zero attached hydrogens (tertiary/aromatic N) is 2. The van der Waals surface area contributed by atoms with Crippen LogP contribution in [0.3, 0.4) is 0 Å². The summed E-state index contributed by atoms with van der Waals surface area (Å²) in [4.78, 5) is 71.1. The zero-order valence-electron chi connectivity index (χ0n) is 42.4. The van der Waals surface area contributed by atoms with Crippen LogP contribution in [0.25, 0.3) is 0 Å². The number of aliphatic hydroxyl groups is 1. The molecule has 1 saturated heterocycles. The van der Waals surface area contributed by atoms with Gasteiger partial charge in [-0.1, -0.05) is 116 Å². The van der Waals surface area contributed by atoms with Gasteiger partial charge in [-0.3, -0.25) is 29.3 Å². The fourth-order valence-electron chi connectivity index (χ4n) is 9.01. The number of allylic oxidation sites excluding steroid dienone is 5. The van der Waals surface area contributed by atoms with Crippen molar-refractivity contribution in [1.29, 1.82) is 0 Å². The number of hydrogen-bond donors (Lipinski definition) is 4. The topological polar surface area (TPSA) is 176 Å². The first-order chi connectivity index (χ1) is 31.3. The van der Waals surface area contributed by atoms with E-state index in [2.05, 4.69) is 22.5 Å². The lowest BCUT2D eigenvalue weighted by Gasteiger charge is -2.41. The van der Waals surface area contributed by atoms with Crippen LogP contribution in [0.15, 0.2) is 66.8 Å². The molecule has 4 N–H and O–H groups in total. The van der Waals surface area contributed by atoms with Crippen LogP contribution in [0.2, 0.25) is 0 Å². The first-order valence-electron chi connectivity index (χ1n) is 24.1. The van der Waals surface area contributed by atoms with Gasteiger partial charge in [-0.2, -0.15) is 0 Å². The number of carbonyl (C=O) groups is 5. The molecule has 11 atom stereocenters. The second-order valence-electron chi connectivity index (χ2n) is 18.7. The van der Waals surface area contributed by atoms with E-state index >= 15 is 0 Å². The maximum absolute atomic E-state index is 14.4. The Morgan fingerprint density at radius 2 is 1.58 bits per heavy atom. The molecular formula is C52H85N5O9. The van der Waals surface area contributed by atoms with Crippen molar-refractivity contribution in [2.45, 2.75) is 168 Å². The number of benzene rings is 1. The van der Waals surface area contributed by atoms with Gasteiger partial charge in [0.15, 0.2) is 5.78 Å². The van der Waals surface area contributed by atoms with E-state index in [9.17, 15) is 29.1 Å². The largest absolute Gasteiger partial charge is 0.456 e. The van der Waals surface area contributed by atoms with Crippen molar-refractivity contribution in [2.24, 2.45) is 23.7 Å². The normalized spacial score (nSPS) is 18.9. The van der Waals surface area contributed by atoms with Crippen molar-refractivity contribution < 1.29 is 43.3 Å². The molecule has 0 aromatic heterocycles. The minimum atomic E-state index is -1.10. The molecule has 0 aliphatic carbocycles. The Balaban J connectivity index is 2.21. The molecule has 1 heterocycles. The van der Waals surface area contributed by atoms with E-state index in [1.54, 1.807) is 45.4 Å². The van der Waals surface area contributed by atoms with Crippen molar-refractivity contribution in [3.63, 3.8) is 0 Å². The van der Waals surface area contributed by atoms with Crippen LogP contribution in [0.5, 0.6) is 0 Å². The molecule has 66 heavy (non-hydrogen) atoms. The number of nitrogens with one attached hydrogen (secondary N) is 3. The number of ketones is 1. The van der Waals surface area contributed by atoms with E-state index in [4.69, 9.17) is 14.2 Å². The van der Waals surface area contributed by atoms with Crippen LogP contribution in [-0.4, -0.2) is 128 Å². The summed E-state index contributed by atoms with van der Waals surface area (Å²) in [6.07, 6.45) is 7.65. The van der Waals surface area contributed by atoms with Gasteiger partial charge in [0.25, 0.3) is 0 Å². The Bertz CT molecular complexity index is 1730. The van der Waals surface area contributed by atoms with Gasteiger partial charge in [-0.25, -0.2) is 0 Å². The number of rotatable bonds is 30. The van der Waals surface area contributed by atoms with Crippen LogP contribution < -0.4 is 16.0 Å². The van der Waals surface area contributed by atoms with Crippen molar-refractivity contribution in [2.75, 3.05) is 34.9 Å². The fraction of sp³-hybridized carbons (Fsp3) is 0.673. The molecule has 0 saturated carbocycles. The minimum absolute atomic E-state index is 0.0140. The van der Waals surface area contributed by atoms with Crippen molar-refractivity contribution in [1.82, 2.24) is 25.8 Å². The molecule has 1 aromatic rings. The Morgan fingerprint density at radius 3 is 2.14 bits per heavy atom. The zero-order valence-corrected chi connectivity index (χ0v) is 42.4. The Morgan fingerprint density at radius 1 is 0.939 bits per heavy atom. The molecule has 0 bridgehead atoms. The monoisotopic (exact) mass is 924 g/mol. The molecule has 0 spiro atoms. The lowest BCUT2D eigenvalue weighted by atomic mass is 9.89. The van der Waals surface area contributed by atoms with E-state index in [1.807, 2.05) is 110 Å². The fourth-order valence-corrected chi connectivity index (χ4v) is 9.01. The number of hydrogen-bond acceptors (Lipinski definition) is 11. The predicted octanol–water partition coefficient (Wildman–Crippen LogP) is 6.69.